The van der Waals surface area contributed by atoms with Crippen LogP contribution in [0.5, 0.6) is 11.5 Å². The van der Waals surface area contributed by atoms with Crippen molar-refractivity contribution in [3.63, 3.8) is 0 Å². The molecular weight excluding hydrogens is 298 g/mol. The molecule has 1 aromatic carbocycles. The van der Waals surface area contributed by atoms with E-state index < -0.39 is 0 Å². The Labute approximate surface area is 148 Å². The summed E-state index contributed by atoms with van der Waals surface area (Å²) in [5, 5.41) is 0. The smallest absolute Gasteiger partial charge is 0.130 e. The minimum Gasteiger partial charge on any atom is -0.496 e. The second kappa shape index (κ2) is 7.77. The van der Waals surface area contributed by atoms with Crippen LogP contribution in [-0.2, 0) is 6.54 Å². The van der Waals surface area contributed by atoms with E-state index in [1.165, 1.54) is 37.1 Å². The summed E-state index contributed by atoms with van der Waals surface area (Å²) in [6, 6.07) is 4.26. The van der Waals surface area contributed by atoms with Gasteiger partial charge in [-0.3, -0.25) is 4.90 Å². The molecule has 0 unspecified atom stereocenters. The quantitative estimate of drug-likeness (QED) is 0.749. The third-order valence-electron chi connectivity index (χ3n) is 5.45. The normalized spacial score (nSPS) is 17.3. The van der Waals surface area contributed by atoms with Crippen LogP contribution < -0.4 is 9.47 Å². The highest BCUT2D eigenvalue weighted by Gasteiger charge is 2.29. The van der Waals surface area contributed by atoms with Crippen molar-refractivity contribution in [3.05, 3.63) is 23.3 Å². The van der Waals surface area contributed by atoms with Gasteiger partial charge in [0.15, 0.2) is 0 Å². The van der Waals surface area contributed by atoms with Crippen LogP contribution in [-0.4, -0.2) is 32.2 Å². The molecule has 1 aliphatic heterocycles. The molecule has 0 bridgehead atoms. The van der Waals surface area contributed by atoms with Crippen LogP contribution in [0.15, 0.2) is 12.1 Å². The van der Waals surface area contributed by atoms with Crippen molar-refractivity contribution in [1.29, 1.82) is 0 Å². The van der Waals surface area contributed by atoms with Crippen LogP contribution in [0, 0.1) is 11.3 Å². The second-order valence-electron chi connectivity index (χ2n) is 8.45. The van der Waals surface area contributed by atoms with Gasteiger partial charge >= 0.3 is 0 Å². The van der Waals surface area contributed by atoms with E-state index in [9.17, 15) is 0 Å². The Bertz CT molecular complexity index is 538. The monoisotopic (exact) mass is 333 g/mol. The number of piperidine rings is 1. The first-order valence-electron chi connectivity index (χ1n) is 9.24. The fourth-order valence-electron chi connectivity index (χ4n) is 3.91. The highest BCUT2D eigenvalue weighted by molar-refractivity contribution is 5.51. The number of nitrogens with zero attached hydrogens (tertiary/aromatic N) is 1. The maximum atomic E-state index is 5.79. The third-order valence-corrected chi connectivity index (χ3v) is 5.45. The molecule has 24 heavy (non-hydrogen) atoms. The molecule has 0 amide bonds. The predicted octanol–water partition coefficient (Wildman–Crippen LogP) is 5.09. The van der Waals surface area contributed by atoms with E-state index in [1.54, 1.807) is 14.2 Å². The molecule has 0 N–H and O–H groups in total. The molecule has 136 valence electrons. The zero-order valence-corrected chi connectivity index (χ0v) is 16.6. The van der Waals surface area contributed by atoms with Crippen molar-refractivity contribution >= 4 is 0 Å². The minimum absolute atomic E-state index is 0.376. The predicted molar refractivity (Wildman–Crippen MR) is 101 cm³/mol. The molecule has 0 saturated carbocycles. The van der Waals surface area contributed by atoms with Gasteiger partial charge in [-0.1, -0.05) is 40.7 Å². The first-order chi connectivity index (χ1) is 11.3. The molecule has 0 spiro atoms. The Morgan fingerprint density at radius 1 is 1.08 bits per heavy atom. The number of benzene rings is 1. The van der Waals surface area contributed by atoms with Gasteiger partial charge in [-0.2, -0.15) is 0 Å². The number of likely N-dealkylation sites (tertiary alicyclic amines) is 1. The van der Waals surface area contributed by atoms with Crippen LogP contribution in [0.25, 0.3) is 0 Å². The molecule has 0 atom stereocenters. The summed E-state index contributed by atoms with van der Waals surface area (Å²) in [7, 11) is 3.51. The largest absolute Gasteiger partial charge is 0.496 e. The lowest BCUT2D eigenvalue weighted by Crippen LogP contribution is -2.37. The van der Waals surface area contributed by atoms with E-state index in [4.69, 9.17) is 9.47 Å². The Kier molecular flexibility index (Phi) is 6.19. The van der Waals surface area contributed by atoms with Gasteiger partial charge in [0.05, 0.1) is 14.2 Å². The van der Waals surface area contributed by atoms with Gasteiger partial charge in [0.1, 0.15) is 11.5 Å². The maximum Gasteiger partial charge on any atom is 0.130 e. The summed E-state index contributed by atoms with van der Waals surface area (Å²) >= 11 is 0. The third kappa shape index (κ3) is 4.24. The summed E-state index contributed by atoms with van der Waals surface area (Å²) in [6.07, 6.45) is 2.58. The van der Waals surface area contributed by atoms with E-state index >= 15 is 0 Å². The van der Waals surface area contributed by atoms with Crippen molar-refractivity contribution in [3.8, 4) is 11.5 Å². The molecular formula is C21H35NO2. The van der Waals surface area contributed by atoms with E-state index in [2.05, 4.69) is 51.7 Å². The molecule has 1 aliphatic rings. The number of ether oxygens (including phenoxy) is 2. The van der Waals surface area contributed by atoms with Gasteiger partial charge in [-0.05, 0) is 49.2 Å². The highest BCUT2D eigenvalue weighted by Crippen LogP contribution is 2.39. The molecule has 1 saturated heterocycles. The van der Waals surface area contributed by atoms with Crippen molar-refractivity contribution < 1.29 is 9.47 Å². The van der Waals surface area contributed by atoms with Crippen LogP contribution in [0.4, 0.5) is 0 Å². The molecule has 2 rings (SSSR count). The molecule has 3 nitrogen and oxygen atoms in total. The van der Waals surface area contributed by atoms with Crippen LogP contribution in [0.1, 0.15) is 64.5 Å². The first-order valence-corrected chi connectivity index (χ1v) is 9.24. The van der Waals surface area contributed by atoms with Crippen molar-refractivity contribution in [2.45, 2.75) is 59.9 Å². The van der Waals surface area contributed by atoms with Gasteiger partial charge in [0.2, 0.25) is 0 Å². The average molecular weight is 334 g/mol. The summed E-state index contributed by atoms with van der Waals surface area (Å²) in [4.78, 5) is 2.57. The van der Waals surface area contributed by atoms with Gasteiger partial charge < -0.3 is 9.47 Å². The standard InChI is InChI=1S/C21H35NO2/c1-15(2)19-18(23-6)9-8-16(20(19)24-7)14-22-12-10-17(11-13-22)21(3,4)5/h8-9,15,17H,10-14H2,1-7H3. The SMILES string of the molecule is COc1ccc(CN2CCC(C(C)(C)C)CC2)c(OC)c1C(C)C. The Morgan fingerprint density at radius 2 is 1.71 bits per heavy atom. The van der Waals surface area contributed by atoms with E-state index in [0.29, 0.717) is 11.3 Å². The van der Waals surface area contributed by atoms with Crippen LogP contribution >= 0.6 is 0 Å². The number of hydrogen-bond donors (Lipinski definition) is 0. The Morgan fingerprint density at radius 3 is 2.17 bits per heavy atom. The van der Waals surface area contributed by atoms with Gasteiger partial charge in [0.25, 0.3) is 0 Å². The van der Waals surface area contributed by atoms with E-state index in [1.807, 2.05) is 0 Å². The zero-order valence-electron chi connectivity index (χ0n) is 16.6. The van der Waals surface area contributed by atoms with Gasteiger partial charge in [0, 0.05) is 17.7 Å². The lowest BCUT2D eigenvalue weighted by Gasteiger charge is -2.39. The molecule has 0 aromatic heterocycles. The van der Waals surface area contributed by atoms with Crippen molar-refractivity contribution in [2.24, 2.45) is 11.3 Å². The van der Waals surface area contributed by atoms with Crippen LogP contribution in [0.3, 0.4) is 0 Å². The molecule has 1 aromatic rings. The molecule has 1 fully saturated rings. The van der Waals surface area contributed by atoms with Crippen molar-refractivity contribution in [2.75, 3.05) is 27.3 Å². The second-order valence-corrected chi connectivity index (χ2v) is 8.45. The number of methoxy groups -OCH3 is 2. The van der Waals surface area contributed by atoms with E-state index in [-0.39, 0.29) is 0 Å². The minimum atomic E-state index is 0.376. The summed E-state index contributed by atoms with van der Waals surface area (Å²) in [5.41, 5.74) is 2.88. The topological polar surface area (TPSA) is 21.7 Å². The zero-order chi connectivity index (χ0) is 17.9. The summed E-state index contributed by atoms with van der Waals surface area (Å²) in [5.74, 6) is 3.14. The molecule has 3 heteroatoms. The highest BCUT2D eigenvalue weighted by atomic mass is 16.5. The Balaban J connectivity index is 2.15. The lowest BCUT2D eigenvalue weighted by molar-refractivity contribution is 0.107. The van der Waals surface area contributed by atoms with Gasteiger partial charge in [-0.25, -0.2) is 0 Å². The van der Waals surface area contributed by atoms with Crippen LogP contribution in [0.2, 0.25) is 0 Å². The number of rotatable bonds is 5. The molecule has 0 aliphatic carbocycles. The summed E-state index contributed by atoms with van der Waals surface area (Å²) < 4.78 is 11.3. The van der Waals surface area contributed by atoms with Crippen molar-refractivity contribution in [1.82, 2.24) is 4.90 Å². The Hall–Kier alpha value is -1.22. The average Bonchev–Trinajstić information content (AvgIpc) is 2.53. The fraction of sp³-hybridized carbons (Fsp3) is 0.714. The maximum absolute atomic E-state index is 5.79. The van der Waals surface area contributed by atoms with E-state index in [0.717, 1.165) is 24.0 Å². The fourth-order valence-corrected chi connectivity index (χ4v) is 3.91. The summed E-state index contributed by atoms with van der Waals surface area (Å²) in [6.45, 7) is 14.8. The number of hydrogen-bond acceptors (Lipinski definition) is 3. The molecule has 1 heterocycles. The van der Waals surface area contributed by atoms with Gasteiger partial charge in [-0.15, -0.1) is 0 Å². The first kappa shape index (κ1) is 19.1. The lowest BCUT2D eigenvalue weighted by atomic mass is 9.75. The molecule has 0 radical (unpaired) electrons.